The Bertz CT molecular complexity index is 1320. The van der Waals surface area contributed by atoms with E-state index in [0.717, 1.165) is 27.6 Å². The monoisotopic (exact) mass is 451 g/mol. The molecule has 0 saturated carbocycles. The third-order valence-electron chi connectivity index (χ3n) is 5.06. The van der Waals surface area contributed by atoms with Crippen molar-refractivity contribution in [2.24, 2.45) is 0 Å². The molecule has 0 saturated heterocycles. The highest BCUT2D eigenvalue weighted by molar-refractivity contribution is 7.90. The van der Waals surface area contributed by atoms with Crippen LogP contribution in [0.25, 0.3) is 10.2 Å². The van der Waals surface area contributed by atoms with E-state index in [1.54, 1.807) is 17.3 Å². The van der Waals surface area contributed by atoms with Gasteiger partial charge in [0.25, 0.3) is 5.91 Å². The number of hydrogen-bond donors (Lipinski definition) is 0. The van der Waals surface area contributed by atoms with Crippen LogP contribution < -0.4 is 4.90 Å². The molecular weight excluding hydrogens is 430 g/mol. The van der Waals surface area contributed by atoms with Crippen molar-refractivity contribution in [3.05, 3.63) is 83.2 Å². The third kappa shape index (κ3) is 4.50. The average Bonchev–Trinajstić information content (AvgIpc) is 3.14. The molecule has 4 aromatic rings. The maximum atomic E-state index is 13.4. The number of pyridine rings is 1. The molecule has 2 aromatic carbocycles. The van der Waals surface area contributed by atoms with Gasteiger partial charge in [0.05, 0.1) is 21.7 Å². The van der Waals surface area contributed by atoms with Gasteiger partial charge in [0.2, 0.25) is 0 Å². The SMILES string of the molecule is Cc1cc2nc(N(Cc3cccnc3)C(=O)c3ccc(S(C)(=O)=O)cc3)sc2cc1C. The molecule has 6 nitrogen and oxygen atoms in total. The van der Waals surface area contributed by atoms with Crippen molar-refractivity contribution in [1.82, 2.24) is 9.97 Å². The van der Waals surface area contributed by atoms with Gasteiger partial charge in [-0.25, -0.2) is 13.4 Å². The lowest BCUT2D eigenvalue weighted by atomic mass is 10.1. The molecule has 0 atom stereocenters. The van der Waals surface area contributed by atoms with E-state index in [1.807, 2.05) is 25.1 Å². The van der Waals surface area contributed by atoms with Crippen LogP contribution in [0.15, 0.2) is 65.8 Å². The van der Waals surface area contributed by atoms with Crippen LogP contribution in [0.3, 0.4) is 0 Å². The number of fused-ring (bicyclic) bond motifs is 1. The number of thiazole rings is 1. The number of aryl methyl sites for hydroxylation is 2. The molecule has 0 unspecified atom stereocenters. The van der Waals surface area contributed by atoms with E-state index in [9.17, 15) is 13.2 Å². The van der Waals surface area contributed by atoms with Crippen LogP contribution in [-0.2, 0) is 16.4 Å². The number of carbonyl (C=O) groups excluding carboxylic acids is 1. The van der Waals surface area contributed by atoms with Crippen LogP contribution in [0.2, 0.25) is 0 Å². The van der Waals surface area contributed by atoms with Crippen LogP contribution in [0.4, 0.5) is 5.13 Å². The first-order valence-corrected chi connectivity index (χ1v) is 12.3. The van der Waals surface area contributed by atoms with Gasteiger partial charge in [-0.1, -0.05) is 17.4 Å². The van der Waals surface area contributed by atoms with Gasteiger partial charge in [-0.05, 0) is 73.0 Å². The van der Waals surface area contributed by atoms with E-state index in [0.29, 0.717) is 17.2 Å². The summed E-state index contributed by atoms with van der Waals surface area (Å²) in [6, 6.07) is 13.8. The second-order valence-corrected chi connectivity index (χ2v) is 10.5. The highest BCUT2D eigenvalue weighted by Gasteiger charge is 2.22. The van der Waals surface area contributed by atoms with Crippen LogP contribution in [0.1, 0.15) is 27.0 Å². The van der Waals surface area contributed by atoms with Crippen LogP contribution in [0, 0.1) is 13.8 Å². The van der Waals surface area contributed by atoms with E-state index in [2.05, 4.69) is 18.0 Å². The molecule has 4 rings (SSSR count). The summed E-state index contributed by atoms with van der Waals surface area (Å²) >= 11 is 1.46. The summed E-state index contributed by atoms with van der Waals surface area (Å²) in [4.78, 5) is 24.1. The Hall–Kier alpha value is -3.10. The normalized spacial score (nSPS) is 11.6. The maximum absolute atomic E-state index is 13.4. The quantitative estimate of drug-likeness (QED) is 0.444. The standard InChI is InChI=1S/C23H21N3O3S2/c1-15-11-20-21(12-16(15)2)30-23(25-20)26(14-17-5-4-10-24-13-17)22(27)18-6-8-19(9-7-18)31(3,28)29/h4-13H,14H2,1-3H3. The number of carbonyl (C=O) groups is 1. The van der Waals surface area contributed by atoms with E-state index < -0.39 is 9.84 Å². The largest absolute Gasteiger partial charge is 0.279 e. The molecule has 0 fully saturated rings. The highest BCUT2D eigenvalue weighted by Crippen LogP contribution is 2.32. The number of anilines is 1. The number of amides is 1. The topological polar surface area (TPSA) is 80.2 Å². The molecule has 2 aromatic heterocycles. The van der Waals surface area contributed by atoms with Crippen molar-refractivity contribution in [2.75, 3.05) is 11.2 Å². The summed E-state index contributed by atoms with van der Waals surface area (Å²) in [6.07, 6.45) is 4.54. The fraction of sp³-hybridized carbons (Fsp3) is 0.174. The number of sulfone groups is 1. The highest BCUT2D eigenvalue weighted by atomic mass is 32.2. The van der Waals surface area contributed by atoms with E-state index >= 15 is 0 Å². The summed E-state index contributed by atoms with van der Waals surface area (Å²) in [6.45, 7) is 4.39. The molecule has 0 aliphatic heterocycles. The molecule has 0 radical (unpaired) electrons. The molecule has 0 N–H and O–H groups in total. The Labute approximate surface area is 185 Å². The van der Waals surface area contributed by atoms with E-state index in [1.165, 1.54) is 41.2 Å². The van der Waals surface area contributed by atoms with Crippen molar-refractivity contribution in [1.29, 1.82) is 0 Å². The molecule has 0 aliphatic carbocycles. The van der Waals surface area contributed by atoms with E-state index in [4.69, 9.17) is 4.98 Å². The lowest BCUT2D eigenvalue weighted by molar-refractivity contribution is 0.0985. The Morgan fingerprint density at radius 3 is 2.42 bits per heavy atom. The summed E-state index contributed by atoms with van der Waals surface area (Å²) in [7, 11) is -3.34. The molecule has 0 spiro atoms. The van der Waals surface area contributed by atoms with Gasteiger partial charge in [-0.15, -0.1) is 0 Å². The van der Waals surface area contributed by atoms with Gasteiger partial charge in [-0.3, -0.25) is 14.7 Å². The molecule has 1 amide bonds. The van der Waals surface area contributed by atoms with Crippen molar-refractivity contribution < 1.29 is 13.2 Å². The van der Waals surface area contributed by atoms with Gasteiger partial charge < -0.3 is 0 Å². The average molecular weight is 452 g/mol. The minimum atomic E-state index is -3.34. The molecule has 2 heterocycles. The zero-order valence-corrected chi connectivity index (χ0v) is 19.0. The molecule has 158 valence electrons. The number of rotatable bonds is 5. The zero-order chi connectivity index (χ0) is 22.2. The Morgan fingerprint density at radius 1 is 1.06 bits per heavy atom. The number of nitrogens with zero attached hydrogens (tertiary/aromatic N) is 3. The first-order valence-electron chi connectivity index (χ1n) is 9.61. The second-order valence-electron chi connectivity index (χ2n) is 7.45. The Kier molecular flexibility index (Phi) is 5.60. The molecule has 31 heavy (non-hydrogen) atoms. The van der Waals surface area contributed by atoms with Gasteiger partial charge in [0, 0.05) is 24.2 Å². The minimum Gasteiger partial charge on any atom is -0.279 e. The van der Waals surface area contributed by atoms with Crippen LogP contribution in [-0.4, -0.2) is 30.5 Å². The first-order chi connectivity index (χ1) is 14.7. The Balaban J connectivity index is 1.76. The maximum Gasteiger partial charge on any atom is 0.260 e. The van der Waals surface area contributed by atoms with Crippen molar-refractivity contribution in [3.63, 3.8) is 0 Å². The molecule has 8 heteroatoms. The summed E-state index contributed by atoms with van der Waals surface area (Å²) in [5.41, 5.74) is 4.42. The lowest BCUT2D eigenvalue weighted by Crippen LogP contribution is -2.30. The first kappa shape index (κ1) is 21.1. The molecular formula is C23H21N3O3S2. The number of aromatic nitrogens is 2. The number of benzene rings is 2. The molecule has 0 bridgehead atoms. The van der Waals surface area contributed by atoms with Crippen LogP contribution >= 0.6 is 11.3 Å². The third-order valence-corrected chi connectivity index (χ3v) is 7.23. The van der Waals surface area contributed by atoms with Gasteiger partial charge in [0.15, 0.2) is 15.0 Å². The minimum absolute atomic E-state index is 0.175. The summed E-state index contributed by atoms with van der Waals surface area (Å²) < 4.78 is 24.5. The summed E-state index contributed by atoms with van der Waals surface area (Å²) in [5.74, 6) is -0.253. The van der Waals surface area contributed by atoms with Crippen LogP contribution in [0.5, 0.6) is 0 Å². The lowest BCUT2D eigenvalue weighted by Gasteiger charge is -2.20. The van der Waals surface area contributed by atoms with Crippen molar-refractivity contribution in [2.45, 2.75) is 25.3 Å². The number of hydrogen-bond acceptors (Lipinski definition) is 6. The van der Waals surface area contributed by atoms with Crippen molar-refractivity contribution >= 4 is 42.4 Å². The van der Waals surface area contributed by atoms with Gasteiger partial charge >= 0.3 is 0 Å². The van der Waals surface area contributed by atoms with Gasteiger partial charge in [-0.2, -0.15) is 0 Å². The van der Waals surface area contributed by atoms with Crippen molar-refractivity contribution in [3.8, 4) is 0 Å². The predicted octanol–water partition coefficient (Wildman–Crippen LogP) is 4.56. The fourth-order valence-electron chi connectivity index (χ4n) is 3.18. The smallest absolute Gasteiger partial charge is 0.260 e. The van der Waals surface area contributed by atoms with E-state index in [-0.39, 0.29) is 10.8 Å². The molecule has 0 aliphatic rings. The summed E-state index contributed by atoms with van der Waals surface area (Å²) in [5, 5.41) is 0.584. The fourth-order valence-corrected chi connectivity index (χ4v) is 4.86. The Morgan fingerprint density at radius 2 is 1.77 bits per heavy atom. The zero-order valence-electron chi connectivity index (χ0n) is 17.4. The predicted molar refractivity (Wildman–Crippen MR) is 123 cm³/mol. The second kappa shape index (κ2) is 8.20. The van der Waals surface area contributed by atoms with Gasteiger partial charge in [0.1, 0.15) is 0 Å².